The van der Waals surface area contributed by atoms with Gasteiger partial charge in [0.1, 0.15) is 5.69 Å². The van der Waals surface area contributed by atoms with Crippen molar-refractivity contribution in [2.24, 2.45) is 0 Å². The second-order valence-corrected chi connectivity index (χ2v) is 7.61. The van der Waals surface area contributed by atoms with Gasteiger partial charge in [0.25, 0.3) is 5.91 Å². The molecule has 0 atom stereocenters. The first-order valence-corrected chi connectivity index (χ1v) is 9.21. The van der Waals surface area contributed by atoms with Crippen molar-refractivity contribution in [3.05, 3.63) is 50.9 Å². The van der Waals surface area contributed by atoms with Crippen molar-refractivity contribution in [1.29, 1.82) is 0 Å². The molecule has 7 heteroatoms. The van der Waals surface area contributed by atoms with Crippen molar-refractivity contribution >= 4 is 34.4 Å². The Morgan fingerprint density at radius 3 is 2.83 bits per heavy atom. The number of nitrogens with zero attached hydrogens (tertiary/aromatic N) is 1. The molecule has 3 aromatic heterocycles. The summed E-state index contributed by atoms with van der Waals surface area (Å²) in [6, 6.07) is 5.72. The summed E-state index contributed by atoms with van der Waals surface area (Å²) < 4.78 is 0. The van der Waals surface area contributed by atoms with Crippen LogP contribution in [0.15, 0.2) is 29.8 Å². The number of ketones is 1. The normalized spacial score (nSPS) is 10.8. The number of nitrogens with one attached hydrogen (secondary N) is 2. The molecule has 0 aliphatic carbocycles. The molecule has 5 nitrogen and oxygen atoms in total. The quantitative estimate of drug-likeness (QED) is 0.659. The third-order valence-corrected chi connectivity index (χ3v) is 5.47. The van der Waals surface area contributed by atoms with Crippen LogP contribution in [0.2, 0.25) is 0 Å². The van der Waals surface area contributed by atoms with Crippen LogP contribution >= 0.6 is 22.7 Å². The summed E-state index contributed by atoms with van der Waals surface area (Å²) in [6.45, 7) is 4.02. The van der Waals surface area contributed by atoms with Crippen LogP contribution in [-0.4, -0.2) is 28.2 Å². The first kappa shape index (κ1) is 16.6. The third-order valence-electron chi connectivity index (χ3n) is 3.52. The summed E-state index contributed by atoms with van der Waals surface area (Å²) in [5.41, 5.74) is 1.94. The highest BCUT2D eigenvalue weighted by atomic mass is 32.1. The van der Waals surface area contributed by atoms with Crippen molar-refractivity contribution in [2.45, 2.75) is 20.3 Å². The minimum Gasteiger partial charge on any atom is -0.356 e. The molecule has 3 heterocycles. The van der Waals surface area contributed by atoms with Crippen LogP contribution in [0.3, 0.4) is 0 Å². The van der Waals surface area contributed by atoms with Crippen LogP contribution in [0.4, 0.5) is 0 Å². The summed E-state index contributed by atoms with van der Waals surface area (Å²) in [5, 5.41) is 5.98. The van der Waals surface area contributed by atoms with E-state index in [4.69, 9.17) is 0 Å². The van der Waals surface area contributed by atoms with Crippen LogP contribution in [0.25, 0.3) is 10.6 Å². The van der Waals surface area contributed by atoms with Crippen molar-refractivity contribution < 1.29 is 9.59 Å². The smallest absolute Gasteiger partial charge is 0.267 e. The molecule has 0 aliphatic rings. The van der Waals surface area contributed by atoms with Crippen molar-refractivity contribution in [3.8, 4) is 10.6 Å². The maximum absolute atomic E-state index is 12.0. The molecule has 0 aliphatic heterocycles. The molecule has 0 aromatic carbocycles. The molecule has 0 saturated heterocycles. The lowest BCUT2D eigenvalue weighted by Gasteiger charge is -2.02. The number of carbonyl (C=O) groups is 2. The molecule has 3 rings (SSSR count). The predicted molar refractivity (Wildman–Crippen MR) is 97.0 cm³/mol. The zero-order valence-corrected chi connectivity index (χ0v) is 15.0. The van der Waals surface area contributed by atoms with Gasteiger partial charge in [-0.1, -0.05) is 0 Å². The second kappa shape index (κ2) is 7.11. The van der Waals surface area contributed by atoms with Gasteiger partial charge in [0.2, 0.25) is 0 Å². The lowest BCUT2D eigenvalue weighted by molar-refractivity contribution is 0.0949. The molecular formula is C17H17N3O2S2. The topological polar surface area (TPSA) is 74.8 Å². The van der Waals surface area contributed by atoms with Crippen LogP contribution in [-0.2, 0) is 6.42 Å². The molecule has 0 fully saturated rings. The number of carbonyl (C=O) groups excluding carboxylic acids is 2. The van der Waals surface area contributed by atoms with Crippen LogP contribution < -0.4 is 5.32 Å². The average molecular weight is 359 g/mol. The van der Waals surface area contributed by atoms with Gasteiger partial charge in [-0.05, 0) is 38.5 Å². The van der Waals surface area contributed by atoms with Gasteiger partial charge in [0, 0.05) is 28.6 Å². The van der Waals surface area contributed by atoms with Gasteiger partial charge in [-0.2, -0.15) is 0 Å². The Kier molecular flexibility index (Phi) is 4.92. The number of aromatic amines is 1. The molecule has 0 spiro atoms. The number of thiazole rings is 1. The molecular weight excluding hydrogens is 342 g/mol. The number of H-pyrrole nitrogens is 1. The number of rotatable bonds is 6. The highest BCUT2D eigenvalue weighted by molar-refractivity contribution is 7.16. The molecule has 0 saturated carbocycles. The van der Waals surface area contributed by atoms with Gasteiger partial charge in [-0.3, -0.25) is 9.59 Å². The van der Waals surface area contributed by atoms with E-state index in [1.807, 2.05) is 6.92 Å². The van der Waals surface area contributed by atoms with Gasteiger partial charge in [-0.25, -0.2) is 4.98 Å². The van der Waals surface area contributed by atoms with E-state index in [1.165, 1.54) is 11.8 Å². The predicted octanol–water partition coefficient (Wildman–Crippen LogP) is 3.68. The van der Waals surface area contributed by atoms with Gasteiger partial charge in [-0.15, -0.1) is 22.7 Å². The summed E-state index contributed by atoms with van der Waals surface area (Å²) >= 11 is 3.34. The Bertz CT molecular complexity index is 876. The van der Waals surface area contributed by atoms with Gasteiger partial charge in [0.05, 0.1) is 15.6 Å². The number of hydrogen-bond donors (Lipinski definition) is 2. The van der Waals surface area contributed by atoms with E-state index in [-0.39, 0.29) is 11.7 Å². The monoisotopic (exact) mass is 359 g/mol. The van der Waals surface area contributed by atoms with E-state index >= 15 is 0 Å². The maximum Gasteiger partial charge on any atom is 0.267 e. The minimum atomic E-state index is -0.200. The lowest BCUT2D eigenvalue weighted by atomic mass is 10.2. The summed E-state index contributed by atoms with van der Waals surface area (Å²) in [6.07, 6.45) is 2.32. The number of hydrogen-bond acceptors (Lipinski definition) is 5. The van der Waals surface area contributed by atoms with E-state index in [9.17, 15) is 9.59 Å². The first-order valence-electron chi connectivity index (χ1n) is 7.51. The van der Waals surface area contributed by atoms with Crippen LogP contribution in [0.1, 0.15) is 37.7 Å². The second-order valence-electron chi connectivity index (χ2n) is 5.38. The number of amides is 1. The Morgan fingerprint density at radius 1 is 1.33 bits per heavy atom. The van der Waals surface area contributed by atoms with E-state index in [1.54, 1.807) is 34.9 Å². The summed E-state index contributed by atoms with van der Waals surface area (Å²) in [5.74, 6) is -0.261. The van der Waals surface area contributed by atoms with Gasteiger partial charge >= 0.3 is 0 Å². The molecule has 3 aromatic rings. The molecule has 0 radical (unpaired) electrons. The molecule has 0 bridgehead atoms. The zero-order valence-electron chi connectivity index (χ0n) is 13.4. The lowest BCUT2D eigenvalue weighted by Crippen LogP contribution is -2.25. The SMILES string of the molecule is CC(=O)c1c[nH]c(C(=O)NCCc2ccc(-c3csc(C)n3)s2)c1. The van der Waals surface area contributed by atoms with E-state index < -0.39 is 0 Å². The number of aryl methyl sites for hydroxylation is 1. The molecule has 0 unspecified atom stereocenters. The van der Waals surface area contributed by atoms with Crippen molar-refractivity contribution in [1.82, 2.24) is 15.3 Å². The number of thiophene rings is 1. The number of Topliss-reactive ketones (excluding diaryl/α,β-unsaturated/α-hetero) is 1. The Balaban J connectivity index is 1.53. The van der Waals surface area contributed by atoms with Gasteiger partial charge in [0.15, 0.2) is 5.78 Å². The summed E-state index contributed by atoms with van der Waals surface area (Å²) in [4.78, 5) is 33.0. The highest BCUT2D eigenvalue weighted by Gasteiger charge is 2.11. The van der Waals surface area contributed by atoms with E-state index in [0.717, 1.165) is 22.0 Å². The molecule has 124 valence electrons. The molecule has 2 N–H and O–H groups in total. The third kappa shape index (κ3) is 3.80. The number of aromatic nitrogens is 2. The van der Waals surface area contributed by atoms with E-state index in [2.05, 4.69) is 32.8 Å². The maximum atomic E-state index is 12.0. The Labute approximate surface area is 147 Å². The Morgan fingerprint density at radius 2 is 2.17 bits per heavy atom. The van der Waals surface area contributed by atoms with Gasteiger partial charge < -0.3 is 10.3 Å². The largest absolute Gasteiger partial charge is 0.356 e. The van der Waals surface area contributed by atoms with Crippen molar-refractivity contribution in [3.63, 3.8) is 0 Å². The fourth-order valence-corrected chi connectivity index (χ4v) is 3.91. The zero-order chi connectivity index (χ0) is 17.1. The van der Waals surface area contributed by atoms with Crippen molar-refractivity contribution in [2.75, 3.05) is 6.54 Å². The fourth-order valence-electron chi connectivity index (χ4n) is 2.25. The van der Waals surface area contributed by atoms with Crippen LogP contribution in [0, 0.1) is 6.92 Å². The first-order chi connectivity index (χ1) is 11.5. The van der Waals surface area contributed by atoms with Crippen LogP contribution in [0.5, 0.6) is 0 Å². The highest BCUT2D eigenvalue weighted by Crippen LogP contribution is 2.29. The molecule has 24 heavy (non-hydrogen) atoms. The van der Waals surface area contributed by atoms with E-state index in [0.29, 0.717) is 17.8 Å². The Hall–Kier alpha value is -2.25. The fraction of sp³-hybridized carbons (Fsp3) is 0.235. The minimum absolute atomic E-state index is 0.0614. The average Bonchev–Trinajstić information content (AvgIpc) is 3.26. The standard InChI is InChI=1S/C17H17N3O2S2/c1-10(21)12-7-14(19-8-12)17(22)18-6-5-13-3-4-16(24-13)15-9-23-11(2)20-15/h3-4,7-9,19H,5-6H2,1-2H3,(H,18,22). The summed E-state index contributed by atoms with van der Waals surface area (Å²) in [7, 11) is 0. The molecule has 1 amide bonds.